The van der Waals surface area contributed by atoms with Crippen LogP contribution in [0.1, 0.15) is 30.4 Å². The molecule has 2 aliphatic heterocycles. The third kappa shape index (κ3) is 3.42. The molecule has 1 unspecified atom stereocenters. The number of amides is 1. The second kappa shape index (κ2) is 6.33. The van der Waals surface area contributed by atoms with E-state index in [0.29, 0.717) is 22.6 Å². The molecule has 0 radical (unpaired) electrons. The van der Waals surface area contributed by atoms with Crippen molar-refractivity contribution in [2.24, 2.45) is 0 Å². The number of nitrogens with zero attached hydrogens (tertiary/aromatic N) is 1. The van der Waals surface area contributed by atoms with Gasteiger partial charge >= 0.3 is 0 Å². The molecule has 3 N–H and O–H groups in total. The average Bonchev–Trinajstić information content (AvgIpc) is 3.02. The zero-order chi connectivity index (χ0) is 18.2. The van der Waals surface area contributed by atoms with Crippen LogP contribution < -0.4 is 10.6 Å². The van der Waals surface area contributed by atoms with E-state index in [-0.39, 0.29) is 11.5 Å². The van der Waals surface area contributed by atoms with E-state index in [1.807, 2.05) is 0 Å². The van der Waals surface area contributed by atoms with Gasteiger partial charge in [0, 0.05) is 29.5 Å². The molecule has 1 aromatic carbocycles. The third-order valence-electron chi connectivity index (χ3n) is 3.93. The molecule has 0 aromatic heterocycles. The quantitative estimate of drug-likeness (QED) is 0.755. The molecule has 2 heterocycles. The highest BCUT2D eigenvalue weighted by Gasteiger charge is 2.34. The zero-order valence-corrected chi connectivity index (χ0v) is 14.0. The van der Waals surface area contributed by atoms with Gasteiger partial charge in [-0.2, -0.15) is 5.26 Å². The molecule has 2 aliphatic rings. The lowest BCUT2D eigenvalue weighted by atomic mass is 9.91. The molecular weight excluding hydrogens is 346 g/mol. The number of hydrogen-bond donors (Lipinski definition) is 3. The summed E-state index contributed by atoms with van der Waals surface area (Å²) in [5.41, 5.74) is 0.918. The minimum Gasteiger partial charge on any atom is -0.328 e. The number of halogens is 2. The van der Waals surface area contributed by atoms with Crippen molar-refractivity contribution >= 4 is 23.6 Å². The number of rotatable bonds is 2. The van der Waals surface area contributed by atoms with Crippen LogP contribution in [0.15, 0.2) is 45.8 Å². The normalized spacial score (nSPS) is 23.6. The first kappa shape index (κ1) is 17.2. The van der Waals surface area contributed by atoms with Crippen molar-refractivity contribution in [1.29, 1.82) is 10.7 Å². The fourth-order valence-corrected chi connectivity index (χ4v) is 3.64. The Morgan fingerprint density at radius 2 is 2.00 bits per heavy atom. The second-order valence-corrected chi connectivity index (χ2v) is 6.89. The van der Waals surface area contributed by atoms with E-state index in [1.165, 1.54) is 36.0 Å². The molecule has 1 atom stereocenters. The Morgan fingerprint density at radius 3 is 2.56 bits per heavy atom. The van der Waals surface area contributed by atoms with Crippen LogP contribution in [-0.2, 0) is 10.7 Å². The molecule has 0 aliphatic carbocycles. The minimum absolute atomic E-state index is 0.133. The van der Waals surface area contributed by atoms with Crippen molar-refractivity contribution in [3.05, 3.63) is 57.0 Å². The van der Waals surface area contributed by atoms with Gasteiger partial charge in [0.05, 0.1) is 4.91 Å². The molecule has 0 spiro atoms. The fraction of sp³-hybridized carbons (Fsp3) is 0.235. The van der Waals surface area contributed by atoms with Gasteiger partial charge in [0.25, 0.3) is 5.92 Å². The first-order chi connectivity index (χ1) is 11.8. The third-order valence-corrected chi connectivity index (χ3v) is 5.04. The largest absolute Gasteiger partial charge is 0.328 e. The molecule has 0 saturated carbocycles. The Balaban J connectivity index is 2.00. The van der Waals surface area contributed by atoms with Crippen LogP contribution in [0.5, 0.6) is 0 Å². The molecule has 25 heavy (non-hydrogen) atoms. The van der Waals surface area contributed by atoms with Crippen molar-refractivity contribution < 1.29 is 13.6 Å². The first-order valence-electron chi connectivity index (χ1n) is 7.45. The van der Waals surface area contributed by atoms with E-state index in [4.69, 9.17) is 10.7 Å². The zero-order valence-electron chi connectivity index (χ0n) is 13.2. The molecule has 128 valence electrons. The summed E-state index contributed by atoms with van der Waals surface area (Å²) in [6.07, 6.45) is 2.24. The van der Waals surface area contributed by atoms with E-state index in [0.717, 1.165) is 11.8 Å². The predicted octanol–water partition coefficient (Wildman–Crippen LogP) is 3.29. The summed E-state index contributed by atoms with van der Waals surface area (Å²) in [6, 6.07) is 7.64. The average molecular weight is 360 g/mol. The van der Waals surface area contributed by atoms with Crippen LogP contribution in [0.3, 0.4) is 0 Å². The van der Waals surface area contributed by atoms with E-state index in [2.05, 4.69) is 16.7 Å². The molecule has 5 nitrogen and oxygen atoms in total. The second-order valence-electron chi connectivity index (χ2n) is 5.76. The maximum Gasteiger partial charge on any atom is 0.270 e. The lowest BCUT2D eigenvalue weighted by molar-refractivity contribution is -0.120. The Kier molecular flexibility index (Phi) is 4.35. The van der Waals surface area contributed by atoms with Crippen LogP contribution in [0, 0.1) is 16.7 Å². The lowest BCUT2D eigenvalue weighted by Gasteiger charge is -2.29. The number of nitriles is 1. The standard InChI is InChI=1S/C17H14F2N4OS/c1-17(18,19)10-4-2-9(3-5-10)13-14(22-16(21)23-15(13)24)12-7-6-11(8-20)25-12/h2-6,13H,7H2,1H3,(H3,21,22,23,24)/b14-12+. The van der Waals surface area contributed by atoms with Crippen LogP contribution in [0.25, 0.3) is 0 Å². The number of nitrogens with one attached hydrogen (secondary N) is 3. The van der Waals surface area contributed by atoms with E-state index in [1.54, 1.807) is 6.08 Å². The van der Waals surface area contributed by atoms with Crippen LogP contribution in [0.2, 0.25) is 0 Å². The molecule has 1 amide bonds. The van der Waals surface area contributed by atoms with Gasteiger partial charge in [-0.3, -0.25) is 15.5 Å². The smallest absolute Gasteiger partial charge is 0.270 e. The number of carbonyl (C=O) groups excluding carboxylic acids is 1. The monoisotopic (exact) mass is 360 g/mol. The summed E-state index contributed by atoms with van der Waals surface area (Å²) in [4.78, 5) is 13.7. The number of carbonyl (C=O) groups is 1. The topological polar surface area (TPSA) is 88.8 Å². The Hall–Kier alpha value is -2.66. The van der Waals surface area contributed by atoms with Gasteiger partial charge < -0.3 is 5.32 Å². The summed E-state index contributed by atoms with van der Waals surface area (Å²) in [6.45, 7) is 0.815. The predicted molar refractivity (Wildman–Crippen MR) is 90.7 cm³/mol. The summed E-state index contributed by atoms with van der Waals surface area (Å²) in [7, 11) is 0. The summed E-state index contributed by atoms with van der Waals surface area (Å²) >= 11 is 1.25. The highest BCUT2D eigenvalue weighted by Crippen LogP contribution is 2.41. The van der Waals surface area contributed by atoms with E-state index in [9.17, 15) is 13.6 Å². The number of benzene rings is 1. The fourth-order valence-electron chi connectivity index (χ4n) is 2.72. The summed E-state index contributed by atoms with van der Waals surface area (Å²) < 4.78 is 26.8. The van der Waals surface area contributed by atoms with Crippen molar-refractivity contribution in [2.75, 3.05) is 0 Å². The number of alkyl halides is 2. The van der Waals surface area contributed by atoms with Crippen molar-refractivity contribution in [1.82, 2.24) is 10.6 Å². The van der Waals surface area contributed by atoms with Gasteiger partial charge in [0.15, 0.2) is 5.96 Å². The molecule has 1 saturated heterocycles. The number of guanidine groups is 1. The summed E-state index contributed by atoms with van der Waals surface area (Å²) in [5.74, 6) is -4.26. The molecule has 8 heteroatoms. The van der Waals surface area contributed by atoms with E-state index >= 15 is 0 Å². The maximum absolute atomic E-state index is 13.4. The highest BCUT2D eigenvalue weighted by atomic mass is 32.2. The molecular formula is C17H14F2N4OS. The molecule has 1 fully saturated rings. The van der Waals surface area contributed by atoms with Crippen molar-refractivity contribution in [3.8, 4) is 6.07 Å². The first-order valence-corrected chi connectivity index (χ1v) is 8.27. The summed E-state index contributed by atoms with van der Waals surface area (Å²) in [5, 5.41) is 22.0. The van der Waals surface area contributed by atoms with Crippen molar-refractivity contribution in [2.45, 2.75) is 25.2 Å². The Bertz CT molecular complexity index is 847. The SMILES string of the molecule is CC(F)(F)c1ccc(C2C(=O)NC(=N)N/C2=C2\CC=C(C#N)S2)cc1. The highest BCUT2D eigenvalue weighted by molar-refractivity contribution is 8.07. The molecule has 1 aromatic rings. The molecule has 0 bridgehead atoms. The van der Waals surface area contributed by atoms with Gasteiger partial charge in [0.2, 0.25) is 5.91 Å². The van der Waals surface area contributed by atoms with Crippen molar-refractivity contribution in [3.63, 3.8) is 0 Å². The lowest BCUT2D eigenvalue weighted by Crippen LogP contribution is -2.50. The maximum atomic E-state index is 13.4. The van der Waals surface area contributed by atoms with Gasteiger partial charge in [-0.1, -0.05) is 42.1 Å². The van der Waals surface area contributed by atoms with Gasteiger partial charge in [-0.25, -0.2) is 8.78 Å². The van der Waals surface area contributed by atoms with Crippen LogP contribution >= 0.6 is 11.8 Å². The van der Waals surface area contributed by atoms with Gasteiger partial charge in [-0.05, 0) is 5.56 Å². The number of hydrogen-bond acceptors (Lipinski definition) is 4. The van der Waals surface area contributed by atoms with E-state index < -0.39 is 17.7 Å². The number of thioether (sulfide) groups is 1. The van der Waals surface area contributed by atoms with Gasteiger partial charge in [-0.15, -0.1) is 0 Å². The van der Waals surface area contributed by atoms with Crippen LogP contribution in [0.4, 0.5) is 8.78 Å². The Morgan fingerprint density at radius 1 is 1.32 bits per heavy atom. The number of allylic oxidation sites excluding steroid dienone is 3. The Labute approximate surface area is 147 Å². The molecule has 3 rings (SSSR count). The minimum atomic E-state index is -2.96. The van der Waals surface area contributed by atoms with Crippen LogP contribution in [-0.4, -0.2) is 11.9 Å². The van der Waals surface area contributed by atoms with Gasteiger partial charge in [0.1, 0.15) is 12.0 Å².